The topological polar surface area (TPSA) is 29.3 Å². The normalized spacial score (nSPS) is 25.3. The van der Waals surface area contributed by atoms with Gasteiger partial charge < -0.3 is 5.73 Å². The summed E-state index contributed by atoms with van der Waals surface area (Å²) in [6, 6.07) is 4.04. The highest BCUT2D eigenvalue weighted by Gasteiger charge is 2.30. The second-order valence-corrected chi connectivity index (χ2v) is 5.28. The fourth-order valence-corrected chi connectivity index (χ4v) is 2.98. The molecule has 0 aliphatic carbocycles. The Hall–Kier alpha value is -1.00. The van der Waals surface area contributed by atoms with Crippen molar-refractivity contribution >= 4 is 0 Å². The van der Waals surface area contributed by atoms with E-state index < -0.39 is 11.6 Å². The molecule has 1 heterocycles. The lowest BCUT2D eigenvalue weighted by atomic mass is 9.95. The van der Waals surface area contributed by atoms with E-state index in [-0.39, 0.29) is 12.1 Å². The van der Waals surface area contributed by atoms with Gasteiger partial charge in [-0.05, 0) is 38.4 Å². The number of nitrogens with two attached hydrogens (primary N) is 1. The van der Waals surface area contributed by atoms with Crippen molar-refractivity contribution in [3.8, 4) is 0 Å². The molecule has 2 unspecified atom stereocenters. The molecule has 1 saturated heterocycles. The van der Waals surface area contributed by atoms with E-state index in [1.165, 1.54) is 0 Å². The summed E-state index contributed by atoms with van der Waals surface area (Å²) >= 11 is 0. The maximum Gasteiger partial charge on any atom is 0.163 e. The first-order valence-electron chi connectivity index (χ1n) is 7.08. The quantitative estimate of drug-likeness (QED) is 0.912. The molecule has 0 radical (unpaired) electrons. The number of hydrogen-bond donors (Lipinski definition) is 1. The zero-order chi connectivity index (χ0) is 13.8. The SMILES string of the molecule is CCCN1CCCCC(N)C1c1cccc(F)c1F. The van der Waals surface area contributed by atoms with Crippen LogP contribution in [-0.4, -0.2) is 24.0 Å². The van der Waals surface area contributed by atoms with Crippen LogP contribution in [-0.2, 0) is 0 Å². The van der Waals surface area contributed by atoms with Crippen LogP contribution in [0.5, 0.6) is 0 Å². The zero-order valence-corrected chi connectivity index (χ0v) is 11.4. The Labute approximate surface area is 113 Å². The molecule has 1 aliphatic heterocycles. The van der Waals surface area contributed by atoms with Gasteiger partial charge in [-0.25, -0.2) is 8.78 Å². The van der Waals surface area contributed by atoms with Gasteiger partial charge in [0.1, 0.15) is 0 Å². The van der Waals surface area contributed by atoms with Crippen LogP contribution in [0.4, 0.5) is 8.78 Å². The van der Waals surface area contributed by atoms with Gasteiger partial charge in [-0.2, -0.15) is 0 Å². The van der Waals surface area contributed by atoms with Crippen molar-refractivity contribution in [1.29, 1.82) is 0 Å². The summed E-state index contributed by atoms with van der Waals surface area (Å²) in [5.74, 6) is -1.53. The molecule has 106 valence electrons. The van der Waals surface area contributed by atoms with E-state index in [0.29, 0.717) is 5.56 Å². The summed E-state index contributed by atoms with van der Waals surface area (Å²) in [6.45, 7) is 3.87. The monoisotopic (exact) mass is 268 g/mol. The average Bonchev–Trinajstić information content (AvgIpc) is 2.56. The minimum absolute atomic E-state index is 0.134. The Balaban J connectivity index is 2.37. The fourth-order valence-electron chi connectivity index (χ4n) is 2.98. The van der Waals surface area contributed by atoms with Crippen LogP contribution in [0.25, 0.3) is 0 Å². The number of likely N-dealkylation sites (tertiary alicyclic amines) is 1. The second kappa shape index (κ2) is 6.44. The molecule has 1 aromatic rings. The summed E-state index contributed by atoms with van der Waals surface area (Å²) < 4.78 is 27.5. The predicted molar refractivity (Wildman–Crippen MR) is 72.8 cm³/mol. The molecule has 2 atom stereocenters. The fraction of sp³-hybridized carbons (Fsp3) is 0.600. The van der Waals surface area contributed by atoms with Crippen LogP contribution < -0.4 is 5.73 Å². The molecular weight excluding hydrogens is 246 g/mol. The average molecular weight is 268 g/mol. The second-order valence-electron chi connectivity index (χ2n) is 5.28. The van der Waals surface area contributed by atoms with Gasteiger partial charge in [0.05, 0.1) is 6.04 Å². The number of halogens is 2. The lowest BCUT2D eigenvalue weighted by molar-refractivity contribution is 0.181. The van der Waals surface area contributed by atoms with Crippen LogP contribution in [0.15, 0.2) is 18.2 Å². The summed E-state index contributed by atoms with van der Waals surface area (Å²) in [6.07, 6.45) is 3.97. The molecule has 0 saturated carbocycles. The molecule has 1 aliphatic rings. The molecule has 0 amide bonds. The van der Waals surface area contributed by atoms with E-state index >= 15 is 0 Å². The van der Waals surface area contributed by atoms with Gasteiger partial charge in [0, 0.05) is 11.6 Å². The maximum absolute atomic E-state index is 14.0. The Morgan fingerprint density at radius 2 is 2.11 bits per heavy atom. The Kier molecular flexibility index (Phi) is 4.88. The van der Waals surface area contributed by atoms with E-state index in [1.54, 1.807) is 12.1 Å². The highest BCUT2D eigenvalue weighted by molar-refractivity contribution is 5.24. The minimum Gasteiger partial charge on any atom is -0.326 e. The standard InChI is InChI=1S/C15H22F2N2/c1-2-9-19-10-4-3-8-13(18)15(19)11-6-5-7-12(16)14(11)17/h5-7,13,15H,2-4,8-10,18H2,1H3. The van der Waals surface area contributed by atoms with Crippen molar-refractivity contribution in [3.63, 3.8) is 0 Å². The van der Waals surface area contributed by atoms with Crippen molar-refractivity contribution < 1.29 is 8.78 Å². The molecule has 1 aromatic carbocycles. The highest BCUT2D eigenvalue weighted by Crippen LogP contribution is 2.31. The molecule has 0 aromatic heterocycles. The molecule has 1 fully saturated rings. The Morgan fingerprint density at radius 3 is 2.84 bits per heavy atom. The van der Waals surface area contributed by atoms with Gasteiger partial charge in [-0.3, -0.25) is 4.90 Å². The van der Waals surface area contributed by atoms with Gasteiger partial charge >= 0.3 is 0 Å². The summed E-state index contributed by atoms with van der Waals surface area (Å²) in [7, 11) is 0. The lowest BCUT2D eigenvalue weighted by Gasteiger charge is -2.33. The molecule has 2 rings (SSSR count). The Morgan fingerprint density at radius 1 is 1.32 bits per heavy atom. The van der Waals surface area contributed by atoms with E-state index in [2.05, 4.69) is 11.8 Å². The molecular formula is C15H22F2N2. The Bertz CT molecular complexity index is 423. The summed E-state index contributed by atoms with van der Waals surface area (Å²) in [5.41, 5.74) is 6.63. The first-order valence-corrected chi connectivity index (χ1v) is 7.08. The molecule has 0 bridgehead atoms. The van der Waals surface area contributed by atoms with Crippen molar-refractivity contribution in [2.45, 2.75) is 44.7 Å². The zero-order valence-electron chi connectivity index (χ0n) is 11.4. The van der Waals surface area contributed by atoms with Gasteiger partial charge in [0.25, 0.3) is 0 Å². The molecule has 19 heavy (non-hydrogen) atoms. The van der Waals surface area contributed by atoms with E-state index in [9.17, 15) is 8.78 Å². The third kappa shape index (κ3) is 3.12. The van der Waals surface area contributed by atoms with Crippen LogP contribution >= 0.6 is 0 Å². The van der Waals surface area contributed by atoms with Crippen molar-refractivity contribution in [1.82, 2.24) is 4.90 Å². The minimum atomic E-state index is -0.787. The third-order valence-corrected chi connectivity index (χ3v) is 3.84. The number of hydrogen-bond acceptors (Lipinski definition) is 2. The first kappa shape index (κ1) is 14.4. The molecule has 4 heteroatoms. The largest absolute Gasteiger partial charge is 0.326 e. The van der Waals surface area contributed by atoms with E-state index in [0.717, 1.165) is 44.8 Å². The van der Waals surface area contributed by atoms with Crippen LogP contribution in [0, 0.1) is 11.6 Å². The van der Waals surface area contributed by atoms with E-state index in [1.807, 2.05) is 0 Å². The summed E-state index contributed by atoms with van der Waals surface area (Å²) in [4.78, 5) is 2.20. The van der Waals surface area contributed by atoms with Crippen LogP contribution in [0.1, 0.15) is 44.2 Å². The van der Waals surface area contributed by atoms with Crippen molar-refractivity contribution in [3.05, 3.63) is 35.4 Å². The predicted octanol–water partition coefficient (Wildman–Crippen LogP) is 3.23. The lowest BCUT2D eigenvalue weighted by Crippen LogP contribution is -2.40. The van der Waals surface area contributed by atoms with Crippen LogP contribution in [0.2, 0.25) is 0 Å². The van der Waals surface area contributed by atoms with E-state index in [4.69, 9.17) is 5.73 Å². The van der Waals surface area contributed by atoms with Gasteiger partial charge in [0.15, 0.2) is 11.6 Å². The molecule has 2 N–H and O–H groups in total. The third-order valence-electron chi connectivity index (χ3n) is 3.84. The smallest absolute Gasteiger partial charge is 0.163 e. The molecule has 0 spiro atoms. The molecule has 2 nitrogen and oxygen atoms in total. The van der Waals surface area contributed by atoms with Crippen molar-refractivity contribution in [2.24, 2.45) is 5.73 Å². The number of nitrogens with zero attached hydrogens (tertiary/aromatic N) is 1. The van der Waals surface area contributed by atoms with Gasteiger partial charge in [-0.1, -0.05) is 25.5 Å². The van der Waals surface area contributed by atoms with Gasteiger partial charge in [0.2, 0.25) is 0 Å². The maximum atomic E-state index is 14.0. The number of benzene rings is 1. The van der Waals surface area contributed by atoms with Gasteiger partial charge in [-0.15, -0.1) is 0 Å². The first-order chi connectivity index (χ1) is 9.15. The summed E-state index contributed by atoms with van der Waals surface area (Å²) in [5, 5.41) is 0. The van der Waals surface area contributed by atoms with Crippen molar-refractivity contribution in [2.75, 3.05) is 13.1 Å². The number of rotatable bonds is 3. The highest BCUT2D eigenvalue weighted by atomic mass is 19.2. The van der Waals surface area contributed by atoms with Crippen LogP contribution in [0.3, 0.4) is 0 Å².